The number of rotatable bonds is 4. The van der Waals surface area contributed by atoms with Crippen LogP contribution >= 0.6 is 15.9 Å². The third-order valence-corrected chi connectivity index (χ3v) is 5.25. The van der Waals surface area contributed by atoms with Gasteiger partial charge in [0.2, 0.25) is 0 Å². The molecule has 2 rings (SSSR count). The molecular formula is C15H14BrNO3S. The van der Waals surface area contributed by atoms with Crippen LogP contribution in [0.3, 0.4) is 0 Å². The summed E-state index contributed by atoms with van der Waals surface area (Å²) in [5.74, 6) is -0.102. The summed E-state index contributed by atoms with van der Waals surface area (Å²) in [4.78, 5) is 11.3. The first-order chi connectivity index (χ1) is 9.79. The zero-order valence-electron chi connectivity index (χ0n) is 11.6. The van der Waals surface area contributed by atoms with E-state index in [1.807, 2.05) is 13.0 Å². The van der Waals surface area contributed by atoms with Crippen LogP contribution in [-0.4, -0.2) is 14.2 Å². The van der Waals surface area contributed by atoms with Gasteiger partial charge >= 0.3 is 0 Å². The van der Waals surface area contributed by atoms with Crippen LogP contribution in [0.25, 0.3) is 0 Å². The lowest BCUT2D eigenvalue weighted by Crippen LogP contribution is -2.13. The van der Waals surface area contributed by atoms with Gasteiger partial charge in [-0.2, -0.15) is 0 Å². The lowest BCUT2D eigenvalue weighted by Gasteiger charge is -2.09. The molecule has 0 aliphatic heterocycles. The number of sulfonamides is 1. The van der Waals surface area contributed by atoms with E-state index in [0.29, 0.717) is 11.3 Å². The topological polar surface area (TPSA) is 63.2 Å². The molecule has 0 radical (unpaired) electrons. The molecule has 21 heavy (non-hydrogen) atoms. The molecule has 2 aromatic carbocycles. The molecule has 0 aliphatic carbocycles. The Morgan fingerprint density at radius 3 is 2.24 bits per heavy atom. The summed E-state index contributed by atoms with van der Waals surface area (Å²) >= 11 is 3.36. The SMILES string of the molecule is CC(=O)c1ccc(S(=O)(=O)Nc2ccc(C)c(Br)c2)cc1. The molecule has 4 nitrogen and oxygen atoms in total. The average Bonchev–Trinajstić information content (AvgIpc) is 2.43. The molecular weight excluding hydrogens is 354 g/mol. The van der Waals surface area contributed by atoms with E-state index >= 15 is 0 Å². The summed E-state index contributed by atoms with van der Waals surface area (Å²) in [6, 6.07) is 11.1. The number of benzene rings is 2. The van der Waals surface area contributed by atoms with Gasteiger partial charge in [-0.15, -0.1) is 0 Å². The summed E-state index contributed by atoms with van der Waals surface area (Å²) in [5, 5.41) is 0. The number of anilines is 1. The Kier molecular flexibility index (Phi) is 4.49. The number of nitrogens with one attached hydrogen (secondary N) is 1. The Hall–Kier alpha value is -1.66. The monoisotopic (exact) mass is 367 g/mol. The highest BCUT2D eigenvalue weighted by Gasteiger charge is 2.14. The van der Waals surface area contributed by atoms with E-state index in [2.05, 4.69) is 20.7 Å². The highest BCUT2D eigenvalue weighted by molar-refractivity contribution is 9.10. The molecule has 0 unspecified atom stereocenters. The Morgan fingerprint density at radius 2 is 1.71 bits per heavy atom. The third-order valence-electron chi connectivity index (χ3n) is 3.00. The van der Waals surface area contributed by atoms with Crippen molar-refractivity contribution in [3.63, 3.8) is 0 Å². The lowest BCUT2D eigenvalue weighted by atomic mass is 10.2. The van der Waals surface area contributed by atoms with E-state index in [4.69, 9.17) is 0 Å². The molecule has 2 aromatic rings. The molecule has 0 saturated carbocycles. The Bertz CT molecular complexity index is 783. The van der Waals surface area contributed by atoms with Gasteiger partial charge in [-0.05, 0) is 43.7 Å². The maximum Gasteiger partial charge on any atom is 0.261 e. The maximum absolute atomic E-state index is 12.3. The fourth-order valence-electron chi connectivity index (χ4n) is 1.74. The van der Waals surface area contributed by atoms with Crippen LogP contribution in [0.15, 0.2) is 51.8 Å². The quantitative estimate of drug-likeness (QED) is 0.836. The number of carbonyl (C=O) groups is 1. The zero-order chi connectivity index (χ0) is 15.6. The largest absolute Gasteiger partial charge is 0.295 e. The molecule has 0 fully saturated rings. The molecule has 0 bridgehead atoms. The molecule has 0 heterocycles. The summed E-state index contributed by atoms with van der Waals surface area (Å²) in [6.07, 6.45) is 0. The Balaban J connectivity index is 2.29. The van der Waals surface area contributed by atoms with Crippen molar-refractivity contribution in [1.29, 1.82) is 0 Å². The summed E-state index contributed by atoms with van der Waals surface area (Å²) in [7, 11) is -3.67. The molecule has 110 valence electrons. The number of carbonyl (C=O) groups excluding carboxylic acids is 1. The average molecular weight is 368 g/mol. The summed E-state index contributed by atoms with van der Waals surface area (Å²) in [5.41, 5.74) is 1.97. The van der Waals surface area contributed by atoms with E-state index in [1.54, 1.807) is 12.1 Å². The Morgan fingerprint density at radius 1 is 1.10 bits per heavy atom. The highest BCUT2D eigenvalue weighted by atomic mass is 79.9. The number of Topliss-reactive ketones (excluding diaryl/α,β-unsaturated/α-hetero) is 1. The van der Waals surface area contributed by atoms with Gasteiger partial charge in [0.1, 0.15) is 0 Å². The minimum absolute atomic E-state index is 0.102. The van der Waals surface area contributed by atoms with Crippen molar-refractivity contribution in [2.24, 2.45) is 0 Å². The van der Waals surface area contributed by atoms with Crippen LogP contribution in [0, 0.1) is 6.92 Å². The second kappa shape index (κ2) is 5.99. The molecule has 0 spiro atoms. The van der Waals surface area contributed by atoms with Gasteiger partial charge in [-0.3, -0.25) is 9.52 Å². The second-order valence-electron chi connectivity index (χ2n) is 4.65. The first-order valence-electron chi connectivity index (χ1n) is 6.19. The Labute approximate surface area is 132 Å². The normalized spacial score (nSPS) is 11.2. The first kappa shape index (κ1) is 15.7. The number of ketones is 1. The van der Waals surface area contributed by atoms with Crippen molar-refractivity contribution in [3.05, 3.63) is 58.1 Å². The van der Waals surface area contributed by atoms with E-state index in [9.17, 15) is 13.2 Å². The minimum Gasteiger partial charge on any atom is -0.295 e. The molecule has 0 aromatic heterocycles. The smallest absolute Gasteiger partial charge is 0.261 e. The third kappa shape index (κ3) is 3.71. The van der Waals surface area contributed by atoms with Crippen LogP contribution in [0.2, 0.25) is 0 Å². The van der Waals surface area contributed by atoms with Gasteiger partial charge in [-0.1, -0.05) is 34.1 Å². The van der Waals surface area contributed by atoms with Crippen LogP contribution in [-0.2, 0) is 10.0 Å². The molecule has 0 amide bonds. The van der Waals surface area contributed by atoms with Crippen LogP contribution < -0.4 is 4.72 Å². The van der Waals surface area contributed by atoms with Gasteiger partial charge in [0.25, 0.3) is 10.0 Å². The summed E-state index contributed by atoms with van der Waals surface area (Å²) < 4.78 is 27.9. The lowest BCUT2D eigenvalue weighted by molar-refractivity contribution is 0.101. The van der Waals surface area contributed by atoms with Gasteiger partial charge in [-0.25, -0.2) is 8.42 Å². The van der Waals surface area contributed by atoms with Crippen LogP contribution in [0.4, 0.5) is 5.69 Å². The van der Waals surface area contributed by atoms with Gasteiger partial charge in [0.15, 0.2) is 5.78 Å². The van der Waals surface area contributed by atoms with E-state index in [-0.39, 0.29) is 10.7 Å². The number of aryl methyl sites for hydroxylation is 1. The number of hydrogen-bond donors (Lipinski definition) is 1. The molecule has 0 atom stereocenters. The first-order valence-corrected chi connectivity index (χ1v) is 8.47. The second-order valence-corrected chi connectivity index (χ2v) is 7.19. The number of hydrogen-bond acceptors (Lipinski definition) is 3. The van der Waals surface area contributed by atoms with E-state index < -0.39 is 10.0 Å². The fraction of sp³-hybridized carbons (Fsp3) is 0.133. The fourth-order valence-corrected chi connectivity index (χ4v) is 3.17. The van der Waals surface area contributed by atoms with Crippen molar-refractivity contribution < 1.29 is 13.2 Å². The predicted octanol–water partition coefficient (Wildman–Crippen LogP) is 3.76. The van der Waals surface area contributed by atoms with E-state index in [0.717, 1.165) is 10.0 Å². The van der Waals surface area contributed by atoms with Crippen molar-refractivity contribution >= 4 is 37.4 Å². The van der Waals surface area contributed by atoms with Crippen molar-refractivity contribution in [3.8, 4) is 0 Å². The predicted molar refractivity (Wildman–Crippen MR) is 86.1 cm³/mol. The molecule has 0 saturated heterocycles. The van der Waals surface area contributed by atoms with E-state index in [1.165, 1.54) is 31.2 Å². The van der Waals surface area contributed by atoms with Crippen molar-refractivity contribution in [2.75, 3.05) is 4.72 Å². The minimum atomic E-state index is -3.67. The van der Waals surface area contributed by atoms with Gasteiger partial charge in [0.05, 0.1) is 4.90 Å². The molecule has 6 heteroatoms. The highest BCUT2D eigenvalue weighted by Crippen LogP contribution is 2.23. The molecule has 0 aliphatic rings. The maximum atomic E-state index is 12.3. The van der Waals surface area contributed by atoms with Gasteiger partial charge in [0, 0.05) is 15.7 Å². The van der Waals surface area contributed by atoms with Crippen molar-refractivity contribution in [1.82, 2.24) is 0 Å². The van der Waals surface area contributed by atoms with Crippen molar-refractivity contribution in [2.45, 2.75) is 18.7 Å². The number of halogens is 1. The zero-order valence-corrected chi connectivity index (χ0v) is 14.0. The van der Waals surface area contributed by atoms with Crippen LogP contribution in [0.5, 0.6) is 0 Å². The van der Waals surface area contributed by atoms with Crippen LogP contribution in [0.1, 0.15) is 22.8 Å². The molecule has 1 N–H and O–H groups in total. The van der Waals surface area contributed by atoms with Gasteiger partial charge < -0.3 is 0 Å². The summed E-state index contributed by atoms with van der Waals surface area (Å²) in [6.45, 7) is 3.36. The standard InChI is InChI=1S/C15H14BrNO3S/c1-10-3-6-13(9-15(10)16)17-21(19,20)14-7-4-12(5-8-14)11(2)18/h3-9,17H,1-2H3.